The average molecular weight is 293 g/mol. The number of nitrogens with zero attached hydrogens (tertiary/aromatic N) is 4. The lowest BCUT2D eigenvalue weighted by Gasteiger charge is -2.07. The first-order valence-electron chi connectivity index (χ1n) is 5.42. The van der Waals surface area contributed by atoms with Crippen molar-refractivity contribution in [2.45, 2.75) is 9.79 Å². The molecule has 0 spiro atoms. The Morgan fingerprint density at radius 1 is 1.26 bits per heavy atom. The summed E-state index contributed by atoms with van der Waals surface area (Å²) in [6, 6.07) is 1.84. The maximum absolute atomic E-state index is 6.23. The molecule has 3 heterocycles. The third-order valence-corrected chi connectivity index (χ3v) is 4.05. The molecule has 0 radical (unpaired) electrons. The zero-order valence-corrected chi connectivity index (χ0v) is 11.5. The molecular formula is C12H9ClN4OS. The average Bonchev–Trinajstić information content (AvgIpc) is 2.90. The van der Waals surface area contributed by atoms with Crippen molar-refractivity contribution >= 4 is 29.0 Å². The number of ether oxygens (including phenoxy) is 1. The number of fused-ring (bicyclic) bond motifs is 1. The van der Waals surface area contributed by atoms with Gasteiger partial charge in [-0.25, -0.2) is 15.0 Å². The molecule has 0 bridgehead atoms. The second-order valence-corrected chi connectivity index (χ2v) is 5.11. The van der Waals surface area contributed by atoms with Gasteiger partial charge in [-0.2, -0.15) is 0 Å². The topological polar surface area (TPSA) is 52.3 Å². The fraction of sp³-hybridized carbons (Fsp3) is 0.0833. The zero-order chi connectivity index (χ0) is 13.2. The molecule has 7 heteroatoms. The van der Waals surface area contributed by atoms with Crippen LogP contribution in [0.3, 0.4) is 0 Å². The van der Waals surface area contributed by atoms with Crippen LogP contribution in [-0.4, -0.2) is 26.5 Å². The molecule has 3 aromatic heterocycles. The van der Waals surface area contributed by atoms with Gasteiger partial charge in [0.2, 0.25) is 5.88 Å². The minimum atomic E-state index is 0.412. The lowest BCUT2D eigenvalue weighted by atomic mass is 10.5. The Morgan fingerprint density at radius 2 is 2.16 bits per heavy atom. The van der Waals surface area contributed by atoms with Crippen molar-refractivity contribution in [3.8, 4) is 5.88 Å². The molecule has 19 heavy (non-hydrogen) atoms. The van der Waals surface area contributed by atoms with Crippen molar-refractivity contribution in [3.63, 3.8) is 0 Å². The number of pyridine rings is 1. The first-order chi connectivity index (χ1) is 9.29. The third kappa shape index (κ3) is 2.24. The Labute approximate surface area is 118 Å². The Balaban J connectivity index is 2.04. The van der Waals surface area contributed by atoms with E-state index < -0.39 is 0 Å². The summed E-state index contributed by atoms with van der Waals surface area (Å²) >= 11 is 7.71. The van der Waals surface area contributed by atoms with Crippen molar-refractivity contribution in [1.29, 1.82) is 0 Å². The van der Waals surface area contributed by atoms with Gasteiger partial charge in [0.25, 0.3) is 0 Å². The lowest BCUT2D eigenvalue weighted by Crippen LogP contribution is -1.91. The van der Waals surface area contributed by atoms with Crippen molar-refractivity contribution in [2.75, 3.05) is 7.11 Å². The molecule has 0 aliphatic heterocycles. The van der Waals surface area contributed by atoms with Crippen LogP contribution >= 0.6 is 23.4 Å². The van der Waals surface area contributed by atoms with E-state index in [1.165, 1.54) is 11.8 Å². The fourth-order valence-electron chi connectivity index (χ4n) is 1.65. The van der Waals surface area contributed by atoms with E-state index in [9.17, 15) is 0 Å². The number of halogens is 1. The summed E-state index contributed by atoms with van der Waals surface area (Å²) in [7, 11) is 1.54. The molecule has 0 aliphatic rings. The van der Waals surface area contributed by atoms with Crippen LogP contribution in [0, 0.1) is 0 Å². The molecule has 5 nitrogen and oxygen atoms in total. The highest BCUT2D eigenvalue weighted by Gasteiger charge is 2.11. The van der Waals surface area contributed by atoms with Gasteiger partial charge in [-0.15, -0.1) is 0 Å². The van der Waals surface area contributed by atoms with Crippen LogP contribution in [0.5, 0.6) is 5.88 Å². The molecule has 96 valence electrons. The summed E-state index contributed by atoms with van der Waals surface area (Å²) in [4.78, 5) is 14.3. The number of hydrogen-bond donors (Lipinski definition) is 0. The van der Waals surface area contributed by atoms with Crippen LogP contribution < -0.4 is 4.74 Å². The molecule has 0 N–H and O–H groups in total. The normalized spacial score (nSPS) is 10.8. The monoisotopic (exact) mass is 292 g/mol. The molecule has 0 saturated carbocycles. The quantitative estimate of drug-likeness (QED) is 0.743. The van der Waals surface area contributed by atoms with Crippen LogP contribution in [0.2, 0.25) is 5.02 Å². The van der Waals surface area contributed by atoms with E-state index in [2.05, 4.69) is 15.0 Å². The summed E-state index contributed by atoms with van der Waals surface area (Å²) in [5.41, 5.74) is 0.840. The first-order valence-corrected chi connectivity index (χ1v) is 6.62. The van der Waals surface area contributed by atoms with Gasteiger partial charge in [0.15, 0.2) is 5.65 Å². The molecular weight excluding hydrogens is 284 g/mol. The van der Waals surface area contributed by atoms with E-state index in [4.69, 9.17) is 16.3 Å². The summed E-state index contributed by atoms with van der Waals surface area (Å²) in [5, 5.41) is 0.489. The van der Waals surface area contributed by atoms with Crippen LogP contribution in [0.25, 0.3) is 5.65 Å². The molecule has 0 unspecified atom stereocenters. The smallest absolute Gasteiger partial charge is 0.233 e. The van der Waals surface area contributed by atoms with Gasteiger partial charge in [0.1, 0.15) is 11.3 Å². The summed E-state index contributed by atoms with van der Waals surface area (Å²) in [5.74, 6) is 0.412. The van der Waals surface area contributed by atoms with Gasteiger partial charge in [-0.1, -0.05) is 23.4 Å². The zero-order valence-electron chi connectivity index (χ0n) is 9.95. The highest BCUT2D eigenvalue weighted by Crippen LogP contribution is 2.37. The summed E-state index contributed by atoms with van der Waals surface area (Å²) in [6.07, 6.45) is 8.71. The SMILES string of the molecule is COc1nccc(Sc2cncn3ccnc23)c1Cl. The Kier molecular flexibility index (Phi) is 3.27. The minimum Gasteiger partial charge on any atom is -0.480 e. The predicted octanol–water partition coefficient (Wildman–Crippen LogP) is 2.94. The Bertz CT molecular complexity index is 731. The first kappa shape index (κ1) is 12.3. The minimum absolute atomic E-state index is 0.412. The Morgan fingerprint density at radius 3 is 3.00 bits per heavy atom. The molecule has 0 atom stereocenters. The van der Waals surface area contributed by atoms with Gasteiger partial charge in [0.05, 0.1) is 12.0 Å². The maximum atomic E-state index is 6.23. The van der Waals surface area contributed by atoms with Gasteiger partial charge in [-0.05, 0) is 6.07 Å². The summed E-state index contributed by atoms with van der Waals surface area (Å²) < 4.78 is 6.96. The second kappa shape index (κ2) is 5.07. The second-order valence-electron chi connectivity index (χ2n) is 3.65. The van der Waals surface area contributed by atoms with Gasteiger partial charge in [0, 0.05) is 29.7 Å². The highest BCUT2D eigenvalue weighted by molar-refractivity contribution is 7.99. The Hall–Kier alpha value is -1.79. The van der Waals surface area contributed by atoms with Crippen LogP contribution in [0.15, 0.2) is 47.0 Å². The van der Waals surface area contributed by atoms with Crippen LogP contribution in [0.1, 0.15) is 0 Å². The van der Waals surface area contributed by atoms with E-state index in [0.717, 1.165) is 15.4 Å². The van der Waals surface area contributed by atoms with E-state index >= 15 is 0 Å². The van der Waals surface area contributed by atoms with Gasteiger partial charge in [-0.3, -0.25) is 4.40 Å². The van der Waals surface area contributed by atoms with Crippen molar-refractivity contribution in [2.24, 2.45) is 0 Å². The lowest BCUT2D eigenvalue weighted by molar-refractivity contribution is 0.397. The van der Waals surface area contributed by atoms with Crippen molar-refractivity contribution in [3.05, 3.63) is 42.2 Å². The molecule has 0 aliphatic carbocycles. The molecule has 0 saturated heterocycles. The number of hydrogen-bond acceptors (Lipinski definition) is 5. The maximum Gasteiger partial charge on any atom is 0.233 e. The van der Waals surface area contributed by atoms with Crippen molar-refractivity contribution in [1.82, 2.24) is 19.4 Å². The van der Waals surface area contributed by atoms with E-state index in [1.807, 2.05) is 16.7 Å². The van der Waals surface area contributed by atoms with E-state index in [1.54, 1.807) is 32.0 Å². The molecule has 0 amide bonds. The van der Waals surface area contributed by atoms with E-state index in [0.29, 0.717) is 10.9 Å². The van der Waals surface area contributed by atoms with Crippen molar-refractivity contribution < 1.29 is 4.74 Å². The molecule has 3 rings (SSSR count). The largest absolute Gasteiger partial charge is 0.480 e. The number of aromatic nitrogens is 4. The van der Waals surface area contributed by atoms with Crippen LogP contribution in [0.4, 0.5) is 0 Å². The van der Waals surface area contributed by atoms with Gasteiger partial charge >= 0.3 is 0 Å². The third-order valence-electron chi connectivity index (χ3n) is 2.51. The predicted molar refractivity (Wildman–Crippen MR) is 72.9 cm³/mol. The number of rotatable bonds is 3. The van der Waals surface area contributed by atoms with Gasteiger partial charge < -0.3 is 4.74 Å². The molecule has 0 fully saturated rings. The molecule has 0 aromatic carbocycles. The fourth-order valence-corrected chi connectivity index (χ4v) is 2.86. The summed E-state index contributed by atoms with van der Waals surface area (Å²) in [6.45, 7) is 0. The molecule has 3 aromatic rings. The van der Waals surface area contributed by atoms with Crippen LogP contribution in [-0.2, 0) is 0 Å². The standard InChI is InChI=1S/C12H9ClN4OS/c1-18-12-10(13)8(2-3-16-12)19-9-6-14-7-17-5-4-15-11(9)17/h2-7H,1H3. The van der Waals surface area contributed by atoms with E-state index in [-0.39, 0.29) is 0 Å². The number of methoxy groups -OCH3 is 1. The highest BCUT2D eigenvalue weighted by atomic mass is 35.5. The number of imidazole rings is 1.